The average molecular weight is 496 g/mol. The molecule has 2 N–H and O–H groups in total. The second kappa shape index (κ2) is 9.54. The number of methoxy groups -OCH3 is 1. The molecule has 2 aromatic heterocycles. The molecule has 0 spiro atoms. The van der Waals surface area contributed by atoms with E-state index in [2.05, 4.69) is 15.0 Å². The standard InChI is InChI=1S/C21H22ClN3O7S/c1-30-11-18(26)25-33(28,29)19-9-8-17(31-19)20(27)23-14-5-2-12(3-6-14)21-24-15-10-13(22)4-7-16(15)32-21/h4,7-10,12,14H,2-3,5-6,11H2,1H3,(H,23,27)(H,25,26)/t12-,14+. The van der Waals surface area contributed by atoms with Gasteiger partial charge in [0, 0.05) is 24.1 Å². The van der Waals surface area contributed by atoms with Gasteiger partial charge in [0.05, 0.1) is 0 Å². The van der Waals surface area contributed by atoms with Crippen LogP contribution in [0.5, 0.6) is 0 Å². The van der Waals surface area contributed by atoms with Crippen molar-refractivity contribution >= 4 is 44.5 Å². The molecule has 1 aliphatic rings. The molecule has 176 valence electrons. The molecule has 1 saturated carbocycles. The Labute approximate surface area is 194 Å². The van der Waals surface area contributed by atoms with Crippen molar-refractivity contribution in [3.8, 4) is 0 Å². The lowest BCUT2D eigenvalue weighted by atomic mass is 9.86. The maximum atomic E-state index is 12.5. The van der Waals surface area contributed by atoms with Crippen LogP contribution < -0.4 is 10.0 Å². The molecular weight excluding hydrogens is 474 g/mol. The zero-order valence-corrected chi connectivity index (χ0v) is 19.2. The number of amides is 2. The molecule has 1 aliphatic carbocycles. The van der Waals surface area contributed by atoms with Crippen molar-refractivity contribution in [2.75, 3.05) is 13.7 Å². The number of hydrogen-bond acceptors (Lipinski definition) is 8. The van der Waals surface area contributed by atoms with Crippen LogP contribution in [0.4, 0.5) is 0 Å². The van der Waals surface area contributed by atoms with Crippen LogP contribution in [0.15, 0.2) is 44.3 Å². The first-order valence-electron chi connectivity index (χ1n) is 10.3. The number of rotatable bonds is 7. The van der Waals surface area contributed by atoms with Crippen LogP contribution in [0, 0.1) is 0 Å². The molecule has 1 aromatic carbocycles. The molecule has 1 fully saturated rings. The lowest BCUT2D eigenvalue weighted by molar-refractivity contribution is -0.122. The predicted octanol–water partition coefficient (Wildman–Crippen LogP) is 2.98. The van der Waals surface area contributed by atoms with Gasteiger partial charge < -0.3 is 18.9 Å². The molecule has 0 radical (unpaired) electrons. The third kappa shape index (κ3) is 5.37. The third-order valence-electron chi connectivity index (χ3n) is 5.37. The molecule has 0 saturated heterocycles. The second-order valence-electron chi connectivity index (χ2n) is 7.77. The van der Waals surface area contributed by atoms with E-state index in [0.29, 0.717) is 29.3 Å². The number of benzene rings is 1. The van der Waals surface area contributed by atoms with Crippen LogP contribution in [-0.2, 0) is 19.6 Å². The monoisotopic (exact) mass is 495 g/mol. The molecule has 12 heteroatoms. The highest BCUT2D eigenvalue weighted by atomic mass is 35.5. The molecule has 0 atom stereocenters. The molecular formula is C21H22ClN3O7S. The van der Waals surface area contributed by atoms with E-state index in [0.717, 1.165) is 24.4 Å². The topological polar surface area (TPSA) is 141 Å². The van der Waals surface area contributed by atoms with Crippen molar-refractivity contribution in [3.63, 3.8) is 0 Å². The fraction of sp³-hybridized carbons (Fsp3) is 0.381. The minimum absolute atomic E-state index is 0.0980. The summed E-state index contributed by atoms with van der Waals surface area (Å²) in [5, 5.41) is 2.93. The summed E-state index contributed by atoms with van der Waals surface area (Å²) in [7, 11) is -2.97. The molecule has 2 amide bonds. The van der Waals surface area contributed by atoms with Gasteiger partial charge in [-0.05, 0) is 56.0 Å². The number of sulfonamides is 1. The van der Waals surface area contributed by atoms with E-state index in [1.807, 2.05) is 0 Å². The lowest BCUT2D eigenvalue weighted by Gasteiger charge is -2.27. The van der Waals surface area contributed by atoms with Crippen molar-refractivity contribution < 1.29 is 31.6 Å². The maximum Gasteiger partial charge on any atom is 0.297 e. The van der Waals surface area contributed by atoms with E-state index < -0.39 is 33.5 Å². The van der Waals surface area contributed by atoms with E-state index in [1.54, 1.807) is 22.9 Å². The minimum atomic E-state index is -4.23. The number of ether oxygens (including phenoxy) is 1. The number of furan rings is 1. The van der Waals surface area contributed by atoms with E-state index in [-0.39, 0.29) is 17.7 Å². The SMILES string of the molecule is COCC(=O)NS(=O)(=O)c1ccc(C(=O)N[C@H]2CC[C@@H](c3nc4cc(Cl)ccc4o3)CC2)o1. The summed E-state index contributed by atoms with van der Waals surface area (Å²) >= 11 is 6.01. The predicted molar refractivity (Wildman–Crippen MR) is 117 cm³/mol. The molecule has 3 aromatic rings. The highest BCUT2D eigenvalue weighted by molar-refractivity contribution is 7.89. The van der Waals surface area contributed by atoms with Gasteiger partial charge in [-0.2, -0.15) is 8.42 Å². The number of nitrogens with one attached hydrogen (secondary N) is 2. The van der Waals surface area contributed by atoms with Crippen molar-refractivity contribution in [3.05, 3.63) is 47.0 Å². The third-order valence-corrected chi connectivity index (χ3v) is 6.85. The second-order valence-corrected chi connectivity index (χ2v) is 9.82. The number of oxazole rings is 1. The number of halogens is 1. The van der Waals surface area contributed by atoms with Gasteiger partial charge in [0.1, 0.15) is 12.1 Å². The van der Waals surface area contributed by atoms with Crippen LogP contribution in [0.1, 0.15) is 48.0 Å². The molecule has 0 unspecified atom stereocenters. The fourth-order valence-electron chi connectivity index (χ4n) is 3.78. The number of fused-ring (bicyclic) bond motifs is 1. The Balaban J connectivity index is 1.33. The summed E-state index contributed by atoms with van der Waals surface area (Å²) in [5.41, 5.74) is 1.40. The first kappa shape index (κ1) is 23.3. The number of nitrogens with zero attached hydrogens (tertiary/aromatic N) is 1. The van der Waals surface area contributed by atoms with Crippen LogP contribution in [0.3, 0.4) is 0 Å². The minimum Gasteiger partial charge on any atom is -0.440 e. The average Bonchev–Trinajstić information content (AvgIpc) is 3.42. The molecule has 0 bridgehead atoms. The first-order chi connectivity index (χ1) is 15.7. The zero-order valence-electron chi connectivity index (χ0n) is 17.7. The quantitative estimate of drug-likeness (QED) is 0.509. The van der Waals surface area contributed by atoms with E-state index in [1.165, 1.54) is 13.2 Å². The van der Waals surface area contributed by atoms with Crippen molar-refractivity contribution in [1.82, 2.24) is 15.0 Å². The molecule has 0 aliphatic heterocycles. The summed E-state index contributed by atoms with van der Waals surface area (Å²) in [4.78, 5) is 28.5. The number of carbonyl (C=O) groups excluding carboxylic acids is 2. The Morgan fingerprint density at radius 2 is 1.91 bits per heavy atom. The summed E-state index contributed by atoms with van der Waals surface area (Å²) < 4.78 is 41.7. The Kier molecular flexibility index (Phi) is 6.73. The normalized spacial score (nSPS) is 18.8. The highest BCUT2D eigenvalue weighted by Crippen LogP contribution is 2.34. The van der Waals surface area contributed by atoms with Gasteiger partial charge in [0.15, 0.2) is 17.2 Å². The van der Waals surface area contributed by atoms with Crippen LogP contribution in [0.25, 0.3) is 11.1 Å². The van der Waals surface area contributed by atoms with Crippen LogP contribution in [0.2, 0.25) is 5.02 Å². The van der Waals surface area contributed by atoms with E-state index >= 15 is 0 Å². The Morgan fingerprint density at radius 1 is 1.15 bits per heavy atom. The Hall–Kier alpha value is -2.89. The Morgan fingerprint density at radius 3 is 2.64 bits per heavy atom. The molecule has 4 rings (SSSR count). The van der Waals surface area contributed by atoms with Crippen LogP contribution >= 0.6 is 11.6 Å². The van der Waals surface area contributed by atoms with Gasteiger partial charge in [-0.15, -0.1) is 0 Å². The Bertz CT molecular complexity index is 1280. The van der Waals surface area contributed by atoms with Gasteiger partial charge in [-0.3, -0.25) is 9.59 Å². The summed E-state index contributed by atoms with van der Waals surface area (Å²) in [6.07, 6.45) is 2.95. The zero-order chi connectivity index (χ0) is 23.6. The van der Waals surface area contributed by atoms with E-state index in [9.17, 15) is 18.0 Å². The molecule has 2 heterocycles. The largest absolute Gasteiger partial charge is 0.440 e. The number of carbonyl (C=O) groups is 2. The lowest BCUT2D eigenvalue weighted by Crippen LogP contribution is -2.37. The van der Waals surface area contributed by atoms with E-state index in [4.69, 9.17) is 20.4 Å². The molecule has 33 heavy (non-hydrogen) atoms. The van der Waals surface area contributed by atoms with Gasteiger partial charge in [0.25, 0.3) is 21.8 Å². The number of hydrogen-bond donors (Lipinski definition) is 2. The van der Waals surface area contributed by atoms with Gasteiger partial charge in [-0.1, -0.05) is 11.6 Å². The number of aromatic nitrogens is 1. The fourth-order valence-corrected chi connectivity index (χ4v) is 4.85. The smallest absolute Gasteiger partial charge is 0.297 e. The first-order valence-corrected chi connectivity index (χ1v) is 12.1. The summed E-state index contributed by atoms with van der Waals surface area (Å²) in [5.74, 6) is -0.736. The van der Waals surface area contributed by atoms with Gasteiger partial charge in [0.2, 0.25) is 5.09 Å². The van der Waals surface area contributed by atoms with Crippen LogP contribution in [-0.4, -0.2) is 45.0 Å². The van der Waals surface area contributed by atoms with Gasteiger partial charge in [-0.25, -0.2) is 9.71 Å². The van der Waals surface area contributed by atoms with Crippen molar-refractivity contribution in [2.24, 2.45) is 0 Å². The highest BCUT2D eigenvalue weighted by Gasteiger charge is 2.29. The van der Waals surface area contributed by atoms with Crippen molar-refractivity contribution in [1.29, 1.82) is 0 Å². The van der Waals surface area contributed by atoms with Crippen molar-refractivity contribution in [2.45, 2.75) is 42.7 Å². The molecule has 10 nitrogen and oxygen atoms in total. The van der Waals surface area contributed by atoms with Gasteiger partial charge >= 0.3 is 0 Å². The summed E-state index contributed by atoms with van der Waals surface area (Å²) in [6, 6.07) is 7.58. The summed E-state index contributed by atoms with van der Waals surface area (Å²) in [6.45, 7) is -0.423. The maximum absolute atomic E-state index is 12.5.